The second-order valence-electron chi connectivity index (χ2n) is 7.06. The van der Waals surface area contributed by atoms with Crippen molar-refractivity contribution in [2.75, 3.05) is 6.61 Å². The molecule has 0 aliphatic carbocycles. The zero-order chi connectivity index (χ0) is 20.9. The number of carbonyl (C=O) groups is 1. The van der Waals surface area contributed by atoms with Gasteiger partial charge in [-0.1, -0.05) is 54.6 Å². The SMILES string of the molecule is Cc1cc(/C=N/NC(=O)COc2cccc3ccccc23)c(C)n1-c1ccccc1. The second kappa shape index (κ2) is 8.66. The van der Waals surface area contributed by atoms with Crippen LogP contribution in [0.15, 0.2) is 84.0 Å². The molecule has 0 bridgehead atoms. The van der Waals surface area contributed by atoms with E-state index in [2.05, 4.69) is 27.2 Å². The summed E-state index contributed by atoms with van der Waals surface area (Å²) in [5.41, 5.74) is 6.75. The average molecular weight is 397 g/mol. The molecule has 150 valence electrons. The first kappa shape index (κ1) is 19.5. The smallest absolute Gasteiger partial charge is 0.277 e. The van der Waals surface area contributed by atoms with Gasteiger partial charge in [-0.05, 0) is 43.5 Å². The number of aromatic nitrogens is 1. The number of hydrazone groups is 1. The summed E-state index contributed by atoms with van der Waals surface area (Å²) in [4.78, 5) is 12.2. The zero-order valence-corrected chi connectivity index (χ0v) is 17.0. The van der Waals surface area contributed by atoms with Crippen molar-refractivity contribution in [2.24, 2.45) is 5.10 Å². The average Bonchev–Trinajstić information content (AvgIpc) is 3.06. The van der Waals surface area contributed by atoms with E-state index in [9.17, 15) is 4.79 Å². The Morgan fingerprint density at radius 3 is 2.57 bits per heavy atom. The molecule has 30 heavy (non-hydrogen) atoms. The molecule has 5 nitrogen and oxygen atoms in total. The molecule has 4 aromatic rings. The number of nitrogens with zero attached hydrogens (tertiary/aromatic N) is 2. The summed E-state index contributed by atoms with van der Waals surface area (Å²) < 4.78 is 7.86. The maximum Gasteiger partial charge on any atom is 0.277 e. The first-order chi connectivity index (χ1) is 14.6. The summed E-state index contributed by atoms with van der Waals surface area (Å²) in [6.45, 7) is 3.98. The van der Waals surface area contributed by atoms with Crippen LogP contribution in [0.4, 0.5) is 0 Å². The highest BCUT2D eigenvalue weighted by molar-refractivity contribution is 5.89. The number of hydrogen-bond acceptors (Lipinski definition) is 3. The second-order valence-corrected chi connectivity index (χ2v) is 7.06. The normalized spacial score (nSPS) is 11.1. The Kier molecular flexibility index (Phi) is 5.61. The molecule has 0 atom stereocenters. The summed E-state index contributed by atoms with van der Waals surface area (Å²) in [6.07, 6.45) is 1.66. The van der Waals surface area contributed by atoms with Crippen LogP contribution < -0.4 is 10.2 Å². The molecule has 0 aliphatic heterocycles. The van der Waals surface area contributed by atoms with Crippen molar-refractivity contribution < 1.29 is 9.53 Å². The summed E-state index contributed by atoms with van der Waals surface area (Å²) in [5.74, 6) is 0.370. The molecule has 0 fully saturated rings. The van der Waals surface area contributed by atoms with Crippen molar-refractivity contribution in [3.05, 3.63) is 95.8 Å². The molecule has 1 amide bonds. The minimum Gasteiger partial charge on any atom is -0.483 e. The maximum atomic E-state index is 12.2. The predicted molar refractivity (Wildman–Crippen MR) is 120 cm³/mol. The van der Waals surface area contributed by atoms with E-state index in [1.165, 1.54) is 0 Å². The van der Waals surface area contributed by atoms with Crippen LogP contribution in [0.3, 0.4) is 0 Å². The first-order valence-electron chi connectivity index (χ1n) is 9.80. The van der Waals surface area contributed by atoms with Crippen LogP contribution in [0.5, 0.6) is 5.75 Å². The number of fused-ring (bicyclic) bond motifs is 1. The van der Waals surface area contributed by atoms with Gasteiger partial charge in [0, 0.05) is 28.0 Å². The van der Waals surface area contributed by atoms with E-state index in [1.807, 2.05) is 80.6 Å². The summed E-state index contributed by atoms with van der Waals surface area (Å²) in [7, 11) is 0. The van der Waals surface area contributed by atoms with E-state index in [0.29, 0.717) is 5.75 Å². The molecule has 1 heterocycles. The Labute approximate surface area is 175 Å². The lowest BCUT2D eigenvalue weighted by atomic mass is 10.1. The first-order valence-corrected chi connectivity index (χ1v) is 9.80. The van der Waals surface area contributed by atoms with Crippen LogP contribution in [-0.2, 0) is 4.79 Å². The fourth-order valence-electron chi connectivity index (χ4n) is 3.56. The van der Waals surface area contributed by atoms with E-state index < -0.39 is 0 Å². The van der Waals surface area contributed by atoms with E-state index in [1.54, 1.807) is 6.21 Å². The zero-order valence-electron chi connectivity index (χ0n) is 17.0. The lowest BCUT2D eigenvalue weighted by Crippen LogP contribution is -2.24. The Hall–Kier alpha value is -3.86. The van der Waals surface area contributed by atoms with Gasteiger partial charge in [-0.2, -0.15) is 5.10 Å². The molecule has 5 heteroatoms. The van der Waals surface area contributed by atoms with Crippen molar-refractivity contribution in [3.8, 4) is 11.4 Å². The van der Waals surface area contributed by atoms with Crippen LogP contribution in [0.2, 0.25) is 0 Å². The maximum absolute atomic E-state index is 12.2. The van der Waals surface area contributed by atoms with Crippen LogP contribution in [0.25, 0.3) is 16.5 Å². The van der Waals surface area contributed by atoms with Crippen molar-refractivity contribution in [1.82, 2.24) is 9.99 Å². The van der Waals surface area contributed by atoms with Crippen molar-refractivity contribution >= 4 is 22.9 Å². The van der Waals surface area contributed by atoms with Crippen LogP contribution in [0.1, 0.15) is 17.0 Å². The number of carbonyl (C=O) groups excluding carboxylic acids is 1. The van der Waals surface area contributed by atoms with Gasteiger partial charge in [0.2, 0.25) is 0 Å². The number of aryl methyl sites for hydroxylation is 1. The van der Waals surface area contributed by atoms with E-state index in [4.69, 9.17) is 4.74 Å². The van der Waals surface area contributed by atoms with Gasteiger partial charge in [0.25, 0.3) is 5.91 Å². The van der Waals surface area contributed by atoms with Crippen LogP contribution >= 0.6 is 0 Å². The number of nitrogens with one attached hydrogen (secondary N) is 1. The number of amides is 1. The van der Waals surface area contributed by atoms with Gasteiger partial charge < -0.3 is 9.30 Å². The molecule has 0 unspecified atom stereocenters. The van der Waals surface area contributed by atoms with Gasteiger partial charge in [-0.15, -0.1) is 0 Å². The molecule has 0 saturated carbocycles. The third-order valence-corrected chi connectivity index (χ3v) is 4.99. The molecule has 0 aliphatic rings. The monoisotopic (exact) mass is 397 g/mol. The number of benzene rings is 3. The number of hydrogen-bond donors (Lipinski definition) is 1. The van der Waals surface area contributed by atoms with Gasteiger partial charge in [-0.3, -0.25) is 4.79 Å². The Morgan fingerprint density at radius 2 is 1.73 bits per heavy atom. The van der Waals surface area contributed by atoms with Gasteiger partial charge in [0.15, 0.2) is 6.61 Å². The Morgan fingerprint density at radius 1 is 1.00 bits per heavy atom. The van der Waals surface area contributed by atoms with Gasteiger partial charge in [0.05, 0.1) is 6.21 Å². The molecule has 4 rings (SSSR count). The fraction of sp³-hybridized carbons (Fsp3) is 0.120. The van der Waals surface area contributed by atoms with Gasteiger partial charge in [0.1, 0.15) is 5.75 Å². The predicted octanol–water partition coefficient (Wildman–Crippen LogP) is 4.78. The molecular formula is C25H23N3O2. The highest BCUT2D eigenvalue weighted by Gasteiger charge is 2.09. The molecule has 1 aromatic heterocycles. The minimum atomic E-state index is -0.309. The molecule has 0 radical (unpaired) electrons. The van der Waals surface area contributed by atoms with Crippen molar-refractivity contribution in [3.63, 3.8) is 0 Å². The highest BCUT2D eigenvalue weighted by Crippen LogP contribution is 2.25. The number of para-hydroxylation sites is 1. The topological polar surface area (TPSA) is 55.6 Å². The molecule has 0 saturated heterocycles. The van der Waals surface area contributed by atoms with E-state index in [0.717, 1.165) is 33.4 Å². The summed E-state index contributed by atoms with van der Waals surface area (Å²) in [5, 5.41) is 6.16. The summed E-state index contributed by atoms with van der Waals surface area (Å²) >= 11 is 0. The Bertz CT molecular complexity index is 1200. The van der Waals surface area contributed by atoms with Gasteiger partial charge >= 0.3 is 0 Å². The lowest BCUT2D eigenvalue weighted by molar-refractivity contribution is -0.123. The standard InChI is InChI=1S/C25H23N3O2/c1-18-15-21(19(2)28(18)22-11-4-3-5-12-22)16-26-27-25(29)17-30-24-14-8-10-20-9-6-7-13-23(20)24/h3-16H,17H2,1-2H3,(H,27,29)/b26-16+. The number of rotatable bonds is 6. The molecular weight excluding hydrogens is 374 g/mol. The lowest BCUT2D eigenvalue weighted by Gasteiger charge is -2.09. The van der Waals surface area contributed by atoms with Crippen molar-refractivity contribution in [1.29, 1.82) is 0 Å². The minimum absolute atomic E-state index is 0.103. The van der Waals surface area contributed by atoms with Gasteiger partial charge in [-0.25, -0.2) is 5.43 Å². The Balaban J connectivity index is 1.40. The summed E-state index contributed by atoms with van der Waals surface area (Å²) in [6, 6.07) is 25.9. The van der Waals surface area contributed by atoms with E-state index >= 15 is 0 Å². The van der Waals surface area contributed by atoms with Crippen molar-refractivity contribution in [2.45, 2.75) is 13.8 Å². The highest BCUT2D eigenvalue weighted by atomic mass is 16.5. The van der Waals surface area contributed by atoms with Crippen LogP contribution in [-0.4, -0.2) is 23.3 Å². The molecule has 0 spiro atoms. The molecule has 3 aromatic carbocycles. The molecule has 1 N–H and O–H groups in total. The van der Waals surface area contributed by atoms with E-state index in [-0.39, 0.29) is 12.5 Å². The quantitative estimate of drug-likeness (QED) is 0.376. The largest absolute Gasteiger partial charge is 0.483 e. The third-order valence-electron chi connectivity index (χ3n) is 4.99. The fourth-order valence-corrected chi connectivity index (χ4v) is 3.56. The number of ether oxygens (including phenoxy) is 1. The third kappa shape index (κ3) is 4.10. The van der Waals surface area contributed by atoms with Crippen LogP contribution in [0, 0.1) is 13.8 Å².